The van der Waals surface area contributed by atoms with Crippen LogP contribution in [-0.2, 0) is 17.8 Å². The minimum atomic E-state index is -0.328. The molecule has 0 radical (unpaired) electrons. The second-order valence-corrected chi connectivity index (χ2v) is 5.57. The van der Waals surface area contributed by atoms with Gasteiger partial charge in [-0.1, -0.05) is 45.7 Å². The summed E-state index contributed by atoms with van der Waals surface area (Å²) in [6.45, 7) is 1.33. The van der Waals surface area contributed by atoms with Gasteiger partial charge in [0.1, 0.15) is 5.02 Å². The van der Waals surface area contributed by atoms with Gasteiger partial charge in [-0.3, -0.25) is 4.79 Å². The van der Waals surface area contributed by atoms with Gasteiger partial charge in [0.2, 0.25) is 0 Å². The molecule has 112 valence electrons. The predicted molar refractivity (Wildman–Crippen MR) is 86.9 cm³/mol. The Bertz CT molecular complexity index is 676. The quantitative estimate of drug-likeness (QED) is 0.847. The Labute approximate surface area is 136 Å². The van der Waals surface area contributed by atoms with Crippen LogP contribution >= 0.6 is 27.5 Å². The molecule has 0 fully saturated rings. The number of rotatable bonds is 6. The predicted octanol–water partition coefficient (Wildman–Crippen LogP) is 2.92. The molecule has 7 heteroatoms. The van der Waals surface area contributed by atoms with Crippen LogP contribution < -0.4 is 10.9 Å². The van der Waals surface area contributed by atoms with Crippen molar-refractivity contribution in [1.82, 2.24) is 9.78 Å². The third-order valence-electron chi connectivity index (χ3n) is 2.92. The van der Waals surface area contributed by atoms with Gasteiger partial charge in [0.05, 0.1) is 25.0 Å². The summed E-state index contributed by atoms with van der Waals surface area (Å²) in [5.74, 6) is 0. The molecule has 0 unspecified atom stereocenters. The van der Waals surface area contributed by atoms with Crippen LogP contribution in [0, 0.1) is 0 Å². The maximum atomic E-state index is 12.0. The van der Waals surface area contributed by atoms with Crippen LogP contribution in [0.5, 0.6) is 0 Å². The summed E-state index contributed by atoms with van der Waals surface area (Å²) >= 11 is 9.57. The van der Waals surface area contributed by atoms with E-state index in [0.29, 0.717) is 25.4 Å². The molecular weight excluding hydrogens is 358 g/mol. The van der Waals surface area contributed by atoms with E-state index in [-0.39, 0.29) is 10.6 Å². The molecule has 0 saturated carbocycles. The van der Waals surface area contributed by atoms with Gasteiger partial charge in [0.25, 0.3) is 5.56 Å². The number of aromatic nitrogens is 2. The van der Waals surface area contributed by atoms with Crippen molar-refractivity contribution < 1.29 is 4.74 Å². The Morgan fingerprint density at radius 3 is 2.90 bits per heavy atom. The molecule has 1 N–H and O–H groups in total. The minimum absolute atomic E-state index is 0.133. The molecule has 0 aliphatic rings. The number of hydrogen-bond donors (Lipinski definition) is 1. The maximum absolute atomic E-state index is 12.0. The van der Waals surface area contributed by atoms with Gasteiger partial charge in [-0.25, -0.2) is 4.68 Å². The lowest BCUT2D eigenvalue weighted by Gasteiger charge is -2.11. The van der Waals surface area contributed by atoms with Crippen molar-refractivity contribution in [1.29, 1.82) is 0 Å². The molecule has 1 aromatic carbocycles. The Morgan fingerprint density at radius 1 is 1.43 bits per heavy atom. The van der Waals surface area contributed by atoms with Gasteiger partial charge in [-0.15, -0.1) is 0 Å². The standard InChI is InChI=1S/C14H15BrClN3O2/c1-21-7-6-19-14(20)13(16)12(9-18-19)17-8-10-4-2-3-5-11(10)15/h2-5,9,17H,6-8H2,1H3. The van der Waals surface area contributed by atoms with Gasteiger partial charge >= 0.3 is 0 Å². The highest BCUT2D eigenvalue weighted by Crippen LogP contribution is 2.20. The maximum Gasteiger partial charge on any atom is 0.287 e. The first-order valence-corrected chi connectivity index (χ1v) is 7.52. The lowest BCUT2D eigenvalue weighted by Crippen LogP contribution is -2.26. The van der Waals surface area contributed by atoms with Crippen molar-refractivity contribution in [3.8, 4) is 0 Å². The summed E-state index contributed by atoms with van der Waals surface area (Å²) in [4.78, 5) is 12.0. The van der Waals surface area contributed by atoms with E-state index in [4.69, 9.17) is 16.3 Å². The largest absolute Gasteiger partial charge is 0.383 e. The van der Waals surface area contributed by atoms with E-state index in [1.54, 1.807) is 13.3 Å². The van der Waals surface area contributed by atoms with Crippen LogP contribution in [0.3, 0.4) is 0 Å². The summed E-state index contributed by atoms with van der Waals surface area (Å²) in [5, 5.41) is 7.33. The normalized spacial score (nSPS) is 10.6. The number of ether oxygens (including phenoxy) is 1. The minimum Gasteiger partial charge on any atom is -0.383 e. The molecule has 2 rings (SSSR count). The molecule has 5 nitrogen and oxygen atoms in total. The zero-order valence-electron chi connectivity index (χ0n) is 11.5. The second-order valence-electron chi connectivity index (χ2n) is 4.34. The van der Waals surface area contributed by atoms with Crippen molar-refractivity contribution in [3.05, 3.63) is 55.9 Å². The molecule has 0 amide bonds. The van der Waals surface area contributed by atoms with Gasteiger partial charge in [0, 0.05) is 18.1 Å². The van der Waals surface area contributed by atoms with E-state index < -0.39 is 0 Å². The SMILES string of the molecule is COCCn1ncc(NCc2ccccc2Br)c(Cl)c1=O. The fraction of sp³-hybridized carbons (Fsp3) is 0.286. The molecular formula is C14H15BrClN3O2. The third-order valence-corrected chi connectivity index (χ3v) is 4.06. The number of halogens is 2. The summed E-state index contributed by atoms with van der Waals surface area (Å²) in [7, 11) is 1.57. The van der Waals surface area contributed by atoms with E-state index in [2.05, 4.69) is 26.3 Å². The summed E-state index contributed by atoms with van der Waals surface area (Å²) in [6.07, 6.45) is 1.55. The highest BCUT2D eigenvalue weighted by atomic mass is 79.9. The Morgan fingerprint density at radius 2 is 2.19 bits per heavy atom. The molecule has 1 aromatic heterocycles. The molecule has 0 aliphatic heterocycles. The highest BCUT2D eigenvalue weighted by Gasteiger charge is 2.09. The van der Waals surface area contributed by atoms with Gasteiger partial charge in [-0.05, 0) is 11.6 Å². The fourth-order valence-corrected chi connectivity index (χ4v) is 2.40. The van der Waals surface area contributed by atoms with Crippen molar-refractivity contribution in [3.63, 3.8) is 0 Å². The number of nitrogens with one attached hydrogen (secondary N) is 1. The molecule has 0 bridgehead atoms. The summed E-state index contributed by atoms with van der Waals surface area (Å²) in [5.41, 5.74) is 1.26. The fourth-order valence-electron chi connectivity index (χ4n) is 1.76. The van der Waals surface area contributed by atoms with Crippen molar-refractivity contribution in [2.75, 3.05) is 19.0 Å². The number of benzene rings is 1. The Balaban J connectivity index is 2.13. The second kappa shape index (κ2) is 7.59. The molecule has 2 aromatic rings. The number of methoxy groups -OCH3 is 1. The monoisotopic (exact) mass is 371 g/mol. The van der Waals surface area contributed by atoms with Crippen LogP contribution in [0.2, 0.25) is 5.02 Å². The van der Waals surface area contributed by atoms with Gasteiger partial charge in [0.15, 0.2) is 0 Å². The van der Waals surface area contributed by atoms with Crippen LogP contribution in [0.25, 0.3) is 0 Å². The Hall–Kier alpha value is -1.37. The van der Waals surface area contributed by atoms with Crippen molar-refractivity contribution in [2.45, 2.75) is 13.1 Å². The van der Waals surface area contributed by atoms with Crippen LogP contribution in [0.1, 0.15) is 5.56 Å². The lowest BCUT2D eigenvalue weighted by atomic mass is 10.2. The number of hydrogen-bond acceptors (Lipinski definition) is 4. The van der Waals surface area contributed by atoms with Gasteiger partial charge in [-0.2, -0.15) is 5.10 Å². The summed E-state index contributed by atoms with van der Waals surface area (Å²) in [6, 6.07) is 7.83. The summed E-state index contributed by atoms with van der Waals surface area (Å²) < 4.78 is 7.21. The highest BCUT2D eigenvalue weighted by molar-refractivity contribution is 9.10. The molecule has 0 spiro atoms. The van der Waals surface area contributed by atoms with E-state index in [0.717, 1.165) is 10.0 Å². The van der Waals surface area contributed by atoms with E-state index >= 15 is 0 Å². The first kappa shape index (κ1) is 16.0. The Kier molecular flexibility index (Phi) is 5.78. The smallest absolute Gasteiger partial charge is 0.287 e. The molecule has 1 heterocycles. The van der Waals surface area contributed by atoms with Crippen LogP contribution in [0.15, 0.2) is 39.7 Å². The topological polar surface area (TPSA) is 56.1 Å². The third kappa shape index (κ3) is 4.06. The first-order valence-electron chi connectivity index (χ1n) is 6.35. The van der Waals surface area contributed by atoms with Gasteiger partial charge < -0.3 is 10.1 Å². The van der Waals surface area contributed by atoms with E-state index in [1.165, 1.54) is 4.68 Å². The van der Waals surface area contributed by atoms with E-state index in [9.17, 15) is 4.79 Å². The number of anilines is 1. The zero-order chi connectivity index (χ0) is 15.2. The van der Waals surface area contributed by atoms with Crippen molar-refractivity contribution >= 4 is 33.2 Å². The molecule has 0 atom stereocenters. The van der Waals surface area contributed by atoms with Crippen molar-refractivity contribution in [2.24, 2.45) is 0 Å². The van der Waals surface area contributed by atoms with E-state index in [1.807, 2.05) is 24.3 Å². The van der Waals surface area contributed by atoms with Crippen LogP contribution in [-0.4, -0.2) is 23.5 Å². The van der Waals surface area contributed by atoms with Crippen LogP contribution in [0.4, 0.5) is 5.69 Å². The lowest BCUT2D eigenvalue weighted by molar-refractivity contribution is 0.182. The zero-order valence-corrected chi connectivity index (χ0v) is 13.8. The molecule has 0 saturated heterocycles. The number of nitrogens with zero attached hydrogens (tertiary/aromatic N) is 2. The average Bonchev–Trinajstić information content (AvgIpc) is 2.49. The molecule has 21 heavy (non-hydrogen) atoms. The molecule has 0 aliphatic carbocycles. The average molecular weight is 373 g/mol. The first-order chi connectivity index (χ1) is 10.1.